The largest absolute Gasteiger partial charge is 0.478 e. The summed E-state index contributed by atoms with van der Waals surface area (Å²) in [6.07, 6.45) is 0. The molecular formula is C17H20N2O4S. The van der Waals surface area contributed by atoms with Crippen molar-refractivity contribution in [1.82, 2.24) is 4.72 Å². The van der Waals surface area contributed by atoms with Gasteiger partial charge in [0.05, 0.1) is 11.3 Å². The van der Waals surface area contributed by atoms with Crippen LogP contribution in [0.5, 0.6) is 0 Å². The second-order valence-electron chi connectivity index (χ2n) is 5.29. The molecule has 24 heavy (non-hydrogen) atoms. The summed E-state index contributed by atoms with van der Waals surface area (Å²) in [5, 5.41) is 12.3. The predicted molar refractivity (Wildman–Crippen MR) is 92.7 cm³/mol. The number of aromatic carboxylic acids is 1. The SMILES string of the molecule is CCNS(=O)(=O)c1cc(C(=O)O)ccc1N[C@@H](C)c1ccccc1. The van der Waals surface area contributed by atoms with Crippen molar-refractivity contribution in [3.05, 3.63) is 59.7 Å². The predicted octanol–water partition coefficient (Wildman–Crippen LogP) is 2.86. The normalized spacial score (nSPS) is 12.6. The van der Waals surface area contributed by atoms with Crippen LogP contribution in [0.15, 0.2) is 53.4 Å². The minimum atomic E-state index is -3.80. The summed E-state index contributed by atoms with van der Waals surface area (Å²) in [7, 11) is -3.80. The highest BCUT2D eigenvalue weighted by molar-refractivity contribution is 7.89. The molecule has 0 aliphatic heterocycles. The number of carboxylic acids is 1. The summed E-state index contributed by atoms with van der Waals surface area (Å²) < 4.78 is 27.2. The summed E-state index contributed by atoms with van der Waals surface area (Å²) >= 11 is 0. The van der Waals surface area contributed by atoms with Gasteiger partial charge in [-0.05, 0) is 30.7 Å². The summed E-state index contributed by atoms with van der Waals surface area (Å²) in [5.74, 6) is -1.18. The quantitative estimate of drug-likeness (QED) is 0.715. The molecule has 2 aromatic rings. The third-order valence-electron chi connectivity index (χ3n) is 3.52. The van der Waals surface area contributed by atoms with Gasteiger partial charge in [-0.15, -0.1) is 0 Å². The monoisotopic (exact) mass is 348 g/mol. The van der Waals surface area contributed by atoms with Crippen molar-refractivity contribution in [1.29, 1.82) is 0 Å². The molecule has 0 unspecified atom stereocenters. The van der Waals surface area contributed by atoms with E-state index in [9.17, 15) is 13.2 Å². The number of carbonyl (C=O) groups is 1. The molecule has 0 bridgehead atoms. The van der Waals surface area contributed by atoms with Crippen molar-refractivity contribution in [2.24, 2.45) is 0 Å². The molecule has 0 aromatic heterocycles. The Bertz CT molecular complexity index is 820. The fraction of sp³-hybridized carbons (Fsp3) is 0.235. The molecule has 3 N–H and O–H groups in total. The minimum absolute atomic E-state index is 0.0768. The number of sulfonamides is 1. The molecule has 0 spiro atoms. The van der Waals surface area contributed by atoms with E-state index in [1.54, 1.807) is 6.92 Å². The van der Waals surface area contributed by atoms with Crippen LogP contribution in [-0.2, 0) is 10.0 Å². The van der Waals surface area contributed by atoms with Crippen LogP contribution >= 0.6 is 0 Å². The molecule has 2 aromatic carbocycles. The van der Waals surface area contributed by atoms with Gasteiger partial charge >= 0.3 is 5.97 Å². The minimum Gasteiger partial charge on any atom is -0.478 e. The zero-order valence-electron chi connectivity index (χ0n) is 13.5. The summed E-state index contributed by atoms with van der Waals surface area (Å²) in [5.41, 5.74) is 1.27. The fourth-order valence-corrected chi connectivity index (χ4v) is 3.56. The first-order valence-electron chi connectivity index (χ1n) is 7.53. The maximum Gasteiger partial charge on any atom is 0.335 e. The van der Waals surface area contributed by atoms with E-state index in [-0.39, 0.29) is 23.0 Å². The maximum absolute atomic E-state index is 12.4. The van der Waals surface area contributed by atoms with Gasteiger partial charge in [0.25, 0.3) is 0 Å². The number of rotatable bonds is 7. The number of benzene rings is 2. The van der Waals surface area contributed by atoms with E-state index in [2.05, 4.69) is 10.0 Å². The van der Waals surface area contributed by atoms with E-state index >= 15 is 0 Å². The Morgan fingerprint density at radius 3 is 2.42 bits per heavy atom. The molecule has 0 heterocycles. The Kier molecular flexibility index (Phi) is 5.58. The first-order valence-corrected chi connectivity index (χ1v) is 9.02. The van der Waals surface area contributed by atoms with Crippen LogP contribution in [0.4, 0.5) is 5.69 Å². The van der Waals surface area contributed by atoms with Gasteiger partial charge in [0, 0.05) is 12.6 Å². The second-order valence-corrected chi connectivity index (χ2v) is 7.03. The Morgan fingerprint density at radius 2 is 1.83 bits per heavy atom. The van der Waals surface area contributed by atoms with Crippen molar-refractivity contribution in [2.75, 3.05) is 11.9 Å². The zero-order valence-corrected chi connectivity index (χ0v) is 14.3. The molecule has 0 fully saturated rings. The van der Waals surface area contributed by atoms with Gasteiger partial charge in [-0.1, -0.05) is 37.3 Å². The lowest BCUT2D eigenvalue weighted by molar-refractivity contribution is 0.0696. The average Bonchev–Trinajstić information content (AvgIpc) is 2.55. The molecule has 0 saturated carbocycles. The molecule has 7 heteroatoms. The highest BCUT2D eigenvalue weighted by Crippen LogP contribution is 2.27. The van der Waals surface area contributed by atoms with Crippen LogP contribution in [0.3, 0.4) is 0 Å². The molecule has 2 rings (SSSR count). The van der Waals surface area contributed by atoms with E-state index in [1.165, 1.54) is 18.2 Å². The molecule has 0 radical (unpaired) electrons. The van der Waals surface area contributed by atoms with Gasteiger partial charge in [0.1, 0.15) is 4.90 Å². The zero-order chi connectivity index (χ0) is 17.7. The molecule has 0 amide bonds. The number of hydrogen-bond donors (Lipinski definition) is 3. The first kappa shape index (κ1) is 18.0. The van der Waals surface area contributed by atoms with E-state index in [4.69, 9.17) is 5.11 Å². The van der Waals surface area contributed by atoms with Crippen molar-refractivity contribution < 1.29 is 18.3 Å². The van der Waals surface area contributed by atoms with Crippen LogP contribution < -0.4 is 10.0 Å². The Morgan fingerprint density at radius 1 is 1.17 bits per heavy atom. The van der Waals surface area contributed by atoms with Crippen molar-refractivity contribution >= 4 is 21.7 Å². The fourth-order valence-electron chi connectivity index (χ4n) is 2.32. The van der Waals surface area contributed by atoms with Crippen LogP contribution in [0.25, 0.3) is 0 Å². The second kappa shape index (κ2) is 7.46. The standard InChI is InChI=1S/C17H20N2O4S/c1-3-18-24(22,23)16-11-14(17(20)21)9-10-15(16)19-12(2)13-7-5-4-6-8-13/h4-12,18-19H,3H2,1-2H3,(H,20,21)/t12-/m0/s1. The van der Waals surface area contributed by atoms with Crippen LogP contribution in [0.2, 0.25) is 0 Å². The Balaban J connectivity index is 2.43. The topological polar surface area (TPSA) is 95.5 Å². The smallest absolute Gasteiger partial charge is 0.335 e. The van der Waals surface area contributed by atoms with Crippen LogP contribution in [0, 0.1) is 0 Å². The van der Waals surface area contributed by atoms with E-state index in [1.807, 2.05) is 37.3 Å². The summed E-state index contributed by atoms with van der Waals surface area (Å²) in [4.78, 5) is 11.1. The van der Waals surface area contributed by atoms with Gasteiger partial charge in [-0.2, -0.15) is 0 Å². The lowest BCUT2D eigenvalue weighted by Gasteiger charge is -2.19. The Labute approximate surface area is 141 Å². The molecule has 0 aliphatic rings. The molecule has 128 valence electrons. The molecule has 1 atom stereocenters. The molecule has 0 saturated heterocycles. The number of hydrogen-bond acceptors (Lipinski definition) is 4. The number of anilines is 1. The van der Waals surface area contributed by atoms with E-state index in [0.717, 1.165) is 5.56 Å². The van der Waals surface area contributed by atoms with Gasteiger partial charge in [0.15, 0.2) is 0 Å². The van der Waals surface area contributed by atoms with E-state index in [0.29, 0.717) is 5.69 Å². The highest BCUT2D eigenvalue weighted by Gasteiger charge is 2.21. The Hall–Kier alpha value is -2.38. The van der Waals surface area contributed by atoms with Gasteiger partial charge < -0.3 is 10.4 Å². The highest BCUT2D eigenvalue weighted by atomic mass is 32.2. The van der Waals surface area contributed by atoms with Gasteiger partial charge in [0.2, 0.25) is 10.0 Å². The number of nitrogens with one attached hydrogen (secondary N) is 2. The first-order chi connectivity index (χ1) is 11.3. The lowest BCUT2D eigenvalue weighted by Crippen LogP contribution is -2.25. The van der Waals surface area contributed by atoms with Crippen molar-refractivity contribution in [3.8, 4) is 0 Å². The van der Waals surface area contributed by atoms with Crippen molar-refractivity contribution in [3.63, 3.8) is 0 Å². The molecular weight excluding hydrogens is 328 g/mol. The maximum atomic E-state index is 12.4. The summed E-state index contributed by atoms with van der Waals surface area (Å²) in [6, 6.07) is 13.5. The third kappa shape index (κ3) is 4.12. The lowest BCUT2D eigenvalue weighted by atomic mass is 10.1. The van der Waals surface area contributed by atoms with Gasteiger partial charge in [-0.25, -0.2) is 17.9 Å². The number of carboxylic acid groups (broad SMARTS) is 1. The van der Waals surface area contributed by atoms with Crippen LogP contribution in [0.1, 0.15) is 35.8 Å². The van der Waals surface area contributed by atoms with Gasteiger partial charge in [-0.3, -0.25) is 0 Å². The molecule has 0 aliphatic carbocycles. The third-order valence-corrected chi connectivity index (χ3v) is 5.11. The average molecular weight is 348 g/mol. The molecule has 6 nitrogen and oxygen atoms in total. The van der Waals surface area contributed by atoms with Crippen LogP contribution in [-0.4, -0.2) is 26.0 Å². The van der Waals surface area contributed by atoms with E-state index < -0.39 is 16.0 Å². The summed E-state index contributed by atoms with van der Waals surface area (Å²) in [6.45, 7) is 3.79. The van der Waals surface area contributed by atoms with Crippen molar-refractivity contribution in [2.45, 2.75) is 24.8 Å².